The predicted molar refractivity (Wildman–Crippen MR) is 81.5 cm³/mol. The molecule has 19 heavy (non-hydrogen) atoms. The molecule has 0 nitrogen and oxygen atoms in total. The Bertz CT molecular complexity index is 707. The Labute approximate surface area is 114 Å². The van der Waals surface area contributed by atoms with Gasteiger partial charge in [0.15, 0.2) is 0 Å². The average molecular weight is 244 g/mol. The van der Waals surface area contributed by atoms with Gasteiger partial charge in [-0.1, -0.05) is 60.7 Å². The first-order chi connectivity index (χ1) is 9.31. The summed E-state index contributed by atoms with van der Waals surface area (Å²) in [5.41, 5.74) is 7.12. The van der Waals surface area contributed by atoms with E-state index in [2.05, 4.69) is 73.7 Å². The van der Waals surface area contributed by atoms with E-state index in [9.17, 15) is 0 Å². The summed E-state index contributed by atoms with van der Waals surface area (Å²) in [6, 6.07) is 8.75. The van der Waals surface area contributed by atoms with Gasteiger partial charge in [0.1, 0.15) is 0 Å². The molecule has 3 aliphatic carbocycles. The third-order valence-electron chi connectivity index (χ3n) is 4.47. The van der Waals surface area contributed by atoms with Crippen molar-refractivity contribution in [1.29, 1.82) is 0 Å². The molecule has 0 saturated heterocycles. The number of hydrogen-bond acceptors (Lipinski definition) is 0. The lowest BCUT2D eigenvalue weighted by molar-refractivity contribution is 0.619. The summed E-state index contributed by atoms with van der Waals surface area (Å²) >= 11 is 0. The summed E-state index contributed by atoms with van der Waals surface area (Å²) in [6.07, 6.45) is 17.0. The Morgan fingerprint density at radius 2 is 1.95 bits per heavy atom. The first-order valence-corrected chi connectivity index (χ1v) is 6.87. The standard InChI is InChI=1S/C19H16/c1-14-7-6-12-19-11-5-4-9-16(19)13-15-8-2-3-10-17(15)18(14)19/h2-11,13H,12H2,1H3. The van der Waals surface area contributed by atoms with E-state index in [1.54, 1.807) is 0 Å². The van der Waals surface area contributed by atoms with Gasteiger partial charge in [0.05, 0.1) is 0 Å². The Kier molecular flexibility index (Phi) is 2.11. The molecule has 1 unspecified atom stereocenters. The maximum atomic E-state index is 2.37. The number of rotatable bonds is 0. The maximum Gasteiger partial charge on any atom is 0.0428 e. The molecule has 92 valence electrons. The van der Waals surface area contributed by atoms with E-state index in [0.717, 1.165) is 6.42 Å². The van der Waals surface area contributed by atoms with Crippen molar-refractivity contribution in [2.24, 2.45) is 5.41 Å². The molecule has 0 N–H and O–H groups in total. The van der Waals surface area contributed by atoms with Gasteiger partial charge in [0.2, 0.25) is 0 Å². The van der Waals surface area contributed by atoms with Crippen LogP contribution in [0.1, 0.15) is 24.5 Å². The highest BCUT2D eigenvalue weighted by Gasteiger charge is 2.40. The second-order valence-corrected chi connectivity index (χ2v) is 5.54. The Morgan fingerprint density at radius 3 is 2.89 bits per heavy atom. The molecule has 0 heteroatoms. The van der Waals surface area contributed by atoms with Gasteiger partial charge in [-0.25, -0.2) is 0 Å². The van der Waals surface area contributed by atoms with Gasteiger partial charge in [-0.3, -0.25) is 0 Å². The fourth-order valence-corrected chi connectivity index (χ4v) is 3.64. The van der Waals surface area contributed by atoms with Crippen LogP contribution in [-0.4, -0.2) is 0 Å². The van der Waals surface area contributed by atoms with E-state index in [1.807, 2.05) is 0 Å². The van der Waals surface area contributed by atoms with Crippen LogP contribution >= 0.6 is 0 Å². The highest BCUT2D eigenvalue weighted by atomic mass is 14.4. The molecule has 0 heterocycles. The van der Waals surface area contributed by atoms with Crippen LogP contribution in [0.3, 0.4) is 0 Å². The van der Waals surface area contributed by atoms with Crippen LogP contribution in [-0.2, 0) is 0 Å². The van der Waals surface area contributed by atoms with Gasteiger partial charge in [0.25, 0.3) is 0 Å². The van der Waals surface area contributed by atoms with Crippen molar-refractivity contribution in [2.75, 3.05) is 0 Å². The number of fused-ring (bicyclic) bond motifs is 2. The summed E-state index contributed by atoms with van der Waals surface area (Å²) in [5.74, 6) is 0. The monoisotopic (exact) mass is 244 g/mol. The minimum absolute atomic E-state index is 0.0714. The second kappa shape index (κ2) is 3.71. The van der Waals surface area contributed by atoms with Crippen LogP contribution < -0.4 is 0 Å². The summed E-state index contributed by atoms with van der Waals surface area (Å²) in [6.45, 7) is 2.23. The molecule has 0 radical (unpaired) electrons. The minimum Gasteiger partial charge on any atom is -0.0827 e. The summed E-state index contributed by atoms with van der Waals surface area (Å²) in [4.78, 5) is 0. The average Bonchev–Trinajstić information content (AvgIpc) is 2.44. The lowest BCUT2D eigenvalue weighted by Crippen LogP contribution is -2.28. The first kappa shape index (κ1) is 10.8. The third-order valence-corrected chi connectivity index (χ3v) is 4.47. The highest BCUT2D eigenvalue weighted by Crippen LogP contribution is 2.55. The zero-order valence-corrected chi connectivity index (χ0v) is 11.1. The minimum atomic E-state index is 0.0714. The van der Waals surface area contributed by atoms with Crippen molar-refractivity contribution in [3.63, 3.8) is 0 Å². The zero-order valence-electron chi connectivity index (χ0n) is 11.1. The van der Waals surface area contributed by atoms with Crippen molar-refractivity contribution in [3.8, 4) is 0 Å². The van der Waals surface area contributed by atoms with E-state index >= 15 is 0 Å². The fourth-order valence-electron chi connectivity index (χ4n) is 3.64. The van der Waals surface area contributed by atoms with Gasteiger partial charge < -0.3 is 0 Å². The normalized spacial score (nSPS) is 26.7. The quantitative estimate of drug-likeness (QED) is 0.607. The van der Waals surface area contributed by atoms with Gasteiger partial charge in [-0.05, 0) is 47.3 Å². The van der Waals surface area contributed by atoms with Crippen LogP contribution in [0.2, 0.25) is 0 Å². The molecule has 0 aromatic heterocycles. The van der Waals surface area contributed by atoms with E-state index in [0.29, 0.717) is 0 Å². The molecular weight excluding hydrogens is 228 g/mol. The van der Waals surface area contributed by atoms with Crippen LogP contribution in [0.25, 0.3) is 11.6 Å². The molecule has 0 aliphatic heterocycles. The Morgan fingerprint density at radius 1 is 1.05 bits per heavy atom. The fraction of sp³-hybridized carbons (Fsp3) is 0.158. The Balaban J connectivity index is 2.12. The lowest BCUT2D eigenvalue weighted by atomic mass is 9.61. The molecule has 1 aromatic carbocycles. The Hall–Kier alpha value is -2.08. The summed E-state index contributed by atoms with van der Waals surface area (Å²) in [7, 11) is 0. The lowest BCUT2D eigenvalue weighted by Gasteiger charge is -2.42. The van der Waals surface area contributed by atoms with E-state index in [-0.39, 0.29) is 5.41 Å². The number of hydrogen-bond donors (Lipinski definition) is 0. The molecule has 0 amide bonds. The third kappa shape index (κ3) is 1.34. The molecule has 0 fully saturated rings. The SMILES string of the molecule is CC1=C2c3ccccc3C=C3C=CC=CC32CC=C1. The van der Waals surface area contributed by atoms with Crippen molar-refractivity contribution >= 4 is 11.6 Å². The van der Waals surface area contributed by atoms with Crippen LogP contribution in [0.15, 0.2) is 71.9 Å². The summed E-state index contributed by atoms with van der Waals surface area (Å²) < 4.78 is 0. The topological polar surface area (TPSA) is 0 Å². The zero-order chi connectivity index (χ0) is 12.9. The van der Waals surface area contributed by atoms with Gasteiger partial charge in [-0.15, -0.1) is 0 Å². The maximum absolute atomic E-state index is 2.37. The van der Waals surface area contributed by atoms with Crippen LogP contribution in [0, 0.1) is 5.41 Å². The van der Waals surface area contributed by atoms with E-state index in [1.165, 1.54) is 27.8 Å². The predicted octanol–water partition coefficient (Wildman–Crippen LogP) is 4.93. The van der Waals surface area contributed by atoms with Gasteiger partial charge in [-0.2, -0.15) is 0 Å². The van der Waals surface area contributed by atoms with Crippen molar-refractivity contribution in [3.05, 3.63) is 83.0 Å². The summed E-state index contributed by atoms with van der Waals surface area (Å²) in [5, 5.41) is 0. The molecule has 0 bridgehead atoms. The highest BCUT2D eigenvalue weighted by molar-refractivity contribution is 5.91. The molecular formula is C19H16. The van der Waals surface area contributed by atoms with E-state index < -0.39 is 0 Å². The number of benzene rings is 1. The molecule has 3 aliphatic rings. The molecule has 1 spiro atoms. The largest absolute Gasteiger partial charge is 0.0827 e. The van der Waals surface area contributed by atoms with Crippen molar-refractivity contribution in [2.45, 2.75) is 13.3 Å². The van der Waals surface area contributed by atoms with Crippen molar-refractivity contribution in [1.82, 2.24) is 0 Å². The molecule has 4 rings (SSSR count). The van der Waals surface area contributed by atoms with Crippen LogP contribution in [0.4, 0.5) is 0 Å². The van der Waals surface area contributed by atoms with E-state index in [4.69, 9.17) is 0 Å². The molecule has 0 saturated carbocycles. The van der Waals surface area contributed by atoms with Gasteiger partial charge in [0, 0.05) is 5.41 Å². The number of allylic oxidation sites excluding steroid dienone is 9. The molecule has 1 aromatic rings. The smallest absolute Gasteiger partial charge is 0.0428 e. The first-order valence-electron chi connectivity index (χ1n) is 6.87. The van der Waals surface area contributed by atoms with Crippen molar-refractivity contribution < 1.29 is 0 Å². The van der Waals surface area contributed by atoms with Crippen LogP contribution in [0.5, 0.6) is 0 Å². The second-order valence-electron chi connectivity index (χ2n) is 5.54. The van der Waals surface area contributed by atoms with Gasteiger partial charge >= 0.3 is 0 Å². The molecule has 1 atom stereocenters.